The van der Waals surface area contributed by atoms with Crippen LogP contribution >= 0.6 is 11.3 Å². The quantitative estimate of drug-likeness (QED) is 0.798. The second kappa shape index (κ2) is 7.15. The van der Waals surface area contributed by atoms with Crippen molar-refractivity contribution in [2.24, 2.45) is 0 Å². The average molecular weight is 345 g/mol. The Hall–Kier alpha value is -2.18. The standard InChI is InChI=1S/C18H19NO4S/c1-12(20)23-16-10-14-11-19(9-8-15(14)24-16)17(18(21)22-2)13-6-4-3-5-7-13/h3-7,10,17H,8-9,11H2,1-2H3/t17-/m0/s1. The first-order valence-corrected chi connectivity index (χ1v) is 8.57. The van der Waals surface area contributed by atoms with Crippen LogP contribution in [0.4, 0.5) is 0 Å². The van der Waals surface area contributed by atoms with Crippen molar-refractivity contribution in [3.05, 3.63) is 52.4 Å². The molecule has 0 spiro atoms. The largest absolute Gasteiger partial charge is 0.468 e. The van der Waals surface area contributed by atoms with Gasteiger partial charge in [-0.25, -0.2) is 4.79 Å². The number of rotatable bonds is 4. The van der Waals surface area contributed by atoms with E-state index < -0.39 is 6.04 Å². The summed E-state index contributed by atoms with van der Waals surface area (Å²) in [4.78, 5) is 26.8. The first-order chi connectivity index (χ1) is 11.6. The van der Waals surface area contributed by atoms with Crippen molar-refractivity contribution in [1.29, 1.82) is 0 Å². The number of benzene rings is 1. The molecule has 0 saturated heterocycles. The highest BCUT2D eigenvalue weighted by Crippen LogP contribution is 2.36. The minimum atomic E-state index is -0.429. The molecule has 5 nitrogen and oxygen atoms in total. The summed E-state index contributed by atoms with van der Waals surface area (Å²) in [5.41, 5.74) is 2.02. The van der Waals surface area contributed by atoms with Gasteiger partial charge in [-0.2, -0.15) is 0 Å². The predicted octanol–water partition coefficient (Wildman–Crippen LogP) is 2.95. The van der Waals surface area contributed by atoms with Crippen LogP contribution in [-0.4, -0.2) is 30.5 Å². The van der Waals surface area contributed by atoms with Crippen LogP contribution in [-0.2, 0) is 27.3 Å². The molecule has 0 amide bonds. The summed E-state index contributed by atoms with van der Waals surface area (Å²) in [5, 5.41) is 0.615. The molecule has 0 N–H and O–H groups in total. The monoisotopic (exact) mass is 345 g/mol. The predicted molar refractivity (Wildman–Crippen MR) is 90.9 cm³/mol. The Morgan fingerprint density at radius 1 is 1.25 bits per heavy atom. The van der Waals surface area contributed by atoms with Gasteiger partial charge in [-0.1, -0.05) is 30.3 Å². The molecule has 3 rings (SSSR count). The van der Waals surface area contributed by atoms with E-state index in [1.807, 2.05) is 36.4 Å². The van der Waals surface area contributed by atoms with Gasteiger partial charge in [-0.3, -0.25) is 9.69 Å². The van der Waals surface area contributed by atoms with Gasteiger partial charge in [-0.15, -0.1) is 11.3 Å². The van der Waals surface area contributed by atoms with E-state index in [0.29, 0.717) is 11.6 Å². The second-order valence-corrected chi connectivity index (χ2v) is 6.76. The number of methoxy groups -OCH3 is 1. The molecule has 1 atom stereocenters. The van der Waals surface area contributed by atoms with Crippen molar-refractivity contribution in [2.75, 3.05) is 13.7 Å². The molecule has 0 aliphatic carbocycles. The van der Waals surface area contributed by atoms with Crippen LogP contribution in [0, 0.1) is 0 Å². The first-order valence-electron chi connectivity index (χ1n) is 7.75. The number of carbonyl (C=O) groups excluding carboxylic acids is 2. The van der Waals surface area contributed by atoms with E-state index >= 15 is 0 Å². The lowest BCUT2D eigenvalue weighted by Gasteiger charge is -2.32. The number of thiophene rings is 1. The van der Waals surface area contributed by atoms with Gasteiger partial charge in [0, 0.05) is 24.9 Å². The third kappa shape index (κ3) is 3.49. The molecule has 1 aliphatic rings. The van der Waals surface area contributed by atoms with Gasteiger partial charge in [0.05, 0.1) is 7.11 Å². The molecule has 0 saturated carbocycles. The molecule has 1 aromatic heterocycles. The van der Waals surface area contributed by atoms with E-state index in [1.165, 1.54) is 30.2 Å². The zero-order valence-electron chi connectivity index (χ0n) is 13.7. The average Bonchev–Trinajstić information content (AvgIpc) is 2.96. The van der Waals surface area contributed by atoms with E-state index in [-0.39, 0.29) is 11.9 Å². The zero-order valence-corrected chi connectivity index (χ0v) is 14.5. The minimum Gasteiger partial charge on any atom is -0.468 e. The number of hydrogen-bond acceptors (Lipinski definition) is 6. The first kappa shape index (κ1) is 16.7. The van der Waals surface area contributed by atoms with Crippen LogP contribution in [0.5, 0.6) is 5.06 Å². The SMILES string of the molecule is COC(=O)[C@H](c1ccccc1)N1CCc2sc(OC(C)=O)cc2C1. The van der Waals surface area contributed by atoms with Crippen LogP contribution in [0.1, 0.15) is 29.0 Å². The number of nitrogens with zero attached hydrogens (tertiary/aromatic N) is 1. The maximum absolute atomic E-state index is 12.3. The summed E-state index contributed by atoms with van der Waals surface area (Å²) in [7, 11) is 1.41. The topological polar surface area (TPSA) is 55.8 Å². The number of ether oxygens (including phenoxy) is 2. The summed E-state index contributed by atoms with van der Waals surface area (Å²) >= 11 is 1.50. The fraction of sp³-hybridized carbons (Fsp3) is 0.333. The molecule has 1 aromatic carbocycles. The van der Waals surface area contributed by atoms with Gasteiger partial charge in [0.1, 0.15) is 6.04 Å². The van der Waals surface area contributed by atoms with Crippen LogP contribution in [0.3, 0.4) is 0 Å². The van der Waals surface area contributed by atoms with Gasteiger partial charge in [-0.05, 0) is 23.6 Å². The van der Waals surface area contributed by atoms with Crippen molar-refractivity contribution < 1.29 is 19.1 Å². The Balaban J connectivity index is 1.85. The van der Waals surface area contributed by atoms with Crippen molar-refractivity contribution in [3.8, 4) is 5.06 Å². The summed E-state index contributed by atoms with van der Waals surface area (Å²) in [5.74, 6) is -0.581. The van der Waals surface area contributed by atoms with Crippen molar-refractivity contribution in [3.63, 3.8) is 0 Å². The van der Waals surface area contributed by atoms with Gasteiger partial charge < -0.3 is 9.47 Å². The third-order valence-corrected chi connectivity index (χ3v) is 5.14. The smallest absolute Gasteiger partial charge is 0.327 e. The molecule has 2 aromatic rings. The van der Waals surface area contributed by atoms with Crippen LogP contribution in [0.25, 0.3) is 0 Å². The Morgan fingerprint density at radius 2 is 2.00 bits per heavy atom. The molecular formula is C18H19NO4S. The summed E-state index contributed by atoms with van der Waals surface area (Å²) < 4.78 is 10.2. The maximum atomic E-state index is 12.3. The van der Waals surface area contributed by atoms with E-state index in [4.69, 9.17) is 9.47 Å². The molecule has 0 fully saturated rings. The maximum Gasteiger partial charge on any atom is 0.327 e. The van der Waals surface area contributed by atoms with Crippen LogP contribution in [0.2, 0.25) is 0 Å². The van der Waals surface area contributed by atoms with Crippen molar-refractivity contribution in [1.82, 2.24) is 4.90 Å². The van der Waals surface area contributed by atoms with Gasteiger partial charge in [0.15, 0.2) is 5.06 Å². The van der Waals surface area contributed by atoms with Gasteiger partial charge in [0.2, 0.25) is 0 Å². The Kier molecular flexibility index (Phi) is 4.97. The number of esters is 2. The molecule has 6 heteroatoms. The van der Waals surface area contributed by atoms with E-state index in [0.717, 1.165) is 24.1 Å². The number of hydrogen-bond donors (Lipinski definition) is 0. The Labute approximate surface area is 144 Å². The molecule has 0 unspecified atom stereocenters. The number of carbonyl (C=O) groups is 2. The lowest BCUT2D eigenvalue weighted by molar-refractivity contribution is -0.147. The van der Waals surface area contributed by atoms with Crippen molar-refractivity contribution in [2.45, 2.75) is 25.9 Å². The molecule has 1 aliphatic heterocycles. The highest BCUT2D eigenvalue weighted by Gasteiger charge is 2.32. The molecular weight excluding hydrogens is 326 g/mol. The normalized spacial score (nSPS) is 15.4. The Bertz CT molecular complexity index is 741. The minimum absolute atomic E-state index is 0.264. The summed E-state index contributed by atoms with van der Waals surface area (Å²) in [6.45, 7) is 2.77. The molecule has 0 radical (unpaired) electrons. The van der Waals surface area contributed by atoms with E-state index in [1.54, 1.807) is 0 Å². The fourth-order valence-electron chi connectivity index (χ4n) is 2.98. The van der Waals surface area contributed by atoms with E-state index in [9.17, 15) is 9.59 Å². The molecule has 126 valence electrons. The Morgan fingerprint density at radius 3 is 2.67 bits per heavy atom. The summed E-state index contributed by atoms with van der Waals surface area (Å²) in [6.07, 6.45) is 0.821. The fourth-order valence-corrected chi connectivity index (χ4v) is 4.03. The number of fused-ring (bicyclic) bond motifs is 1. The van der Waals surface area contributed by atoms with E-state index in [2.05, 4.69) is 4.90 Å². The van der Waals surface area contributed by atoms with Gasteiger partial charge in [0.25, 0.3) is 0 Å². The lowest BCUT2D eigenvalue weighted by Crippen LogP contribution is -2.38. The highest BCUT2D eigenvalue weighted by atomic mass is 32.1. The summed E-state index contributed by atoms with van der Waals surface area (Å²) in [6, 6.07) is 11.1. The molecule has 24 heavy (non-hydrogen) atoms. The highest BCUT2D eigenvalue weighted by molar-refractivity contribution is 7.14. The lowest BCUT2D eigenvalue weighted by atomic mass is 10.0. The third-order valence-electron chi connectivity index (χ3n) is 4.02. The van der Waals surface area contributed by atoms with Crippen LogP contribution < -0.4 is 4.74 Å². The molecule has 2 heterocycles. The van der Waals surface area contributed by atoms with Gasteiger partial charge >= 0.3 is 11.9 Å². The zero-order chi connectivity index (χ0) is 17.1. The van der Waals surface area contributed by atoms with Crippen LogP contribution in [0.15, 0.2) is 36.4 Å². The second-order valence-electron chi connectivity index (χ2n) is 5.66. The van der Waals surface area contributed by atoms with Crippen molar-refractivity contribution >= 4 is 23.3 Å². The molecule has 0 bridgehead atoms.